The second-order valence-corrected chi connectivity index (χ2v) is 9.28. The third-order valence-electron chi connectivity index (χ3n) is 4.11. The molecule has 0 heterocycles. The predicted molar refractivity (Wildman–Crippen MR) is 118 cm³/mol. The third kappa shape index (κ3) is 8.75. The number of nitrogens with one attached hydrogen (secondary N) is 2. The average molecular weight is 509 g/mol. The summed E-state index contributed by atoms with van der Waals surface area (Å²) in [4.78, 5) is 11.6. The molecule has 0 saturated heterocycles. The van der Waals surface area contributed by atoms with Gasteiger partial charge in [0.05, 0.1) is 21.6 Å². The van der Waals surface area contributed by atoms with E-state index in [-0.39, 0.29) is 34.1 Å². The fourth-order valence-corrected chi connectivity index (χ4v) is 3.93. The van der Waals surface area contributed by atoms with Crippen LogP contribution in [-0.2, 0) is 25.7 Å². The Morgan fingerprint density at radius 2 is 1.88 bits per heavy atom. The highest BCUT2D eigenvalue weighted by Gasteiger charge is 2.30. The summed E-state index contributed by atoms with van der Waals surface area (Å²) in [5, 5.41) is 2.57. The minimum Gasteiger partial charge on any atom is -0.482 e. The van der Waals surface area contributed by atoms with Crippen LogP contribution in [0, 0.1) is 0 Å². The van der Waals surface area contributed by atoms with Crippen molar-refractivity contribution in [2.24, 2.45) is 0 Å². The van der Waals surface area contributed by atoms with Crippen LogP contribution >= 0.6 is 11.6 Å². The molecule has 7 nitrogen and oxygen atoms in total. The molecule has 2 rings (SSSR count). The quantitative estimate of drug-likeness (QED) is 0.437. The Morgan fingerprint density at radius 1 is 1.15 bits per heavy atom. The standard InChI is InChI=1S/C21H24ClF3N2O5S/c1-14(2)31-10-4-9-26-20(28)13-32-19-8-7-17(12-18(19)22)33(29,30)27-16-6-3-5-15(11-16)21(23,24)25/h3,5-8,11-12,14,27H,4,9-10,13H2,1-2H3,(H,26,28). The van der Waals surface area contributed by atoms with E-state index in [1.807, 2.05) is 13.8 Å². The van der Waals surface area contributed by atoms with Gasteiger partial charge >= 0.3 is 6.18 Å². The van der Waals surface area contributed by atoms with Crippen molar-refractivity contribution in [3.05, 3.63) is 53.1 Å². The fourth-order valence-electron chi connectivity index (χ4n) is 2.55. The van der Waals surface area contributed by atoms with Crippen LogP contribution < -0.4 is 14.8 Å². The van der Waals surface area contributed by atoms with Crippen molar-refractivity contribution < 1.29 is 35.9 Å². The molecule has 0 bridgehead atoms. The van der Waals surface area contributed by atoms with E-state index in [1.165, 1.54) is 12.1 Å². The predicted octanol–water partition coefficient (Wildman–Crippen LogP) is 4.47. The molecule has 2 N–H and O–H groups in total. The van der Waals surface area contributed by atoms with Crippen molar-refractivity contribution >= 4 is 33.2 Å². The summed E-state index contributed by atoms with van der Waals surface area (Å²) in [5.41, 5.74) is -1.24. The van der Waals surface area contributed by atoms with Crippen molar-refractivity contribution in [3.8, 4) is 5.75 Å². The highest BCUT2D eigenvalue weighted by Crippen LogP contribution is 2.32. The average Bonchev–Trinajstić information content (AvgIpc) is 2.71. The lowest BCUT2D eigenvalue weighted by atomic mass is 10.2. The van der Waals surface area contributed by atoms with Crippen LogP contribution in [0.2, 0.25) is 5.02 Å². The van der Waals surface area contributed by atoms with Crippen LogP contribution in [0.4, 0.5) is 18.9 Å². The molecule has 0 aliphatic rings. The van der Waals surface area contributed by atoms with Crippen molar-refractivity contribution in [2.45, 2.75) is 37.4 Å². The summed E-state index contributed by atoms with van der Waals surface area (Å²) < 4.78 is 76.4. The molecular formula is C21H24ClF3N2O5S. The molecule has 0 fully saturated rings. The lowest BCUT2D eigenvalue weighted by Crippen LogP contribution is -2.30. The van der Waals surface area contributed by atoms with Crippen LogP contribution in [0.3, 0.4) is 0 Å². The molecule has 0 saturated carbocycles. The zero-order valence-corrected chi connectivity index (χ0v) is 19.5. The first-order valence-corrected chi connectivity index (χ1v) is 11.8. The van der Waals surface area contributed by atoms with Crippen molar-refractivity contribution in [1.82, 2.24) is 5.32 Å². The number of anilines is 1. The topological polar surface area (TPSA) is 93.7 Å². The molecule has 0 aliphatic heterocycles. The van der Waals surface area contributed by atoms with E-state index >= 15 is 0 Å². The zero-order chi connectivity index (χ0) is 24.6. The smallest absolute Gasteiger partial charge is 0.416 e. The van der Waals surface area contributed by atoms with E-state index < -0.39 is 27.7 Å². The van der Waals surface area contributed by atoms with Gasteiger partial charge in [0.25, 0.3) is 15.9 Å². The van der Waals surface area contributed by atoms with Gasteiger partial charge in [-0.1, -0.05) is 17.7 Å². The summed E-state index contributed by atoms with van der Waals surface area (Å²) >= 11 is 6.07. The Hall–Kier alpha value is -2.50. The third-order valence-corrected chi connectivity index (χ3v) is 5.78. The number of carbonyl (C=O) groups is 1. The summed E-state index contributed by atoms with van der Waals surface area (Å²) in [5.74, 6) is -0.313. The zero-order valence-electron chi connectivity index (χ0n) is 17.9. The minimum atomic E-state index is -4.61. The van der Waals surface area contributed by atoms with Crippen LogP contribution in [0.25, 0.3) is 0 Å². The van der Waals surface area contributed by atoms with Gasteiger partial charge in [-0.15, -0.1) is 0 Å². The summed E-state index contributed by atoms with van der Waals surface area (Å²) in [6.07, 6.45) is -3.87. The second-order valence-electron chi connectivity index (χ2n) is 7.19. The van der Waals surface area contributed by atoms with E-state index in [0.717, 1.165) is 24.3 Å². The van der Waals surface area contributed by atoms with Crippen molar-refractivity contribution in [1.29, 1.82) is 0 Å². The first kappa shape index (κ1) is 26.7. The van der Waals surface area contributed by atoms with Gasteiger partial charge < -0.3 is 14.8 Å². The molecule has 2 aromatic rings. The highest BCUT2D eigenvalue weighted by molar-refractivity contribution is 7.92. The summed E-state index contributed by atoms with van der Waals surface area (Å²) in [7, 11) is -4.22. The maximum absolute atomic E-state index is 12.8. The molecule has 0 aliphatic carbocycles. The molecule has 0 aromatic heterocycles. The number of rotatable bonds is 11. The van der Waals surface area contributed by atoms with Crippen LogP contribution in [-0.4, -0.2) is 40.2 Å². The Morgan fingerprint density at radius 3 is 2.52 bits per heavy atom. The summed E-state index contributed by atoms with van der Waals surface area (Å²) in [6, 6.07) is 7.30. The van der Waals surface area contributed by atoms with Gasteiger partial charge in [-0.3, -0.25) is 9.52 Å². The van der Waals surface area contributed by atoms with Gasteiger partial charge in [-0.2, -0.15) is 13.2 Å². The largest absolute Gasteiger partial charge is 0.482 e. The number of ether oxygens (including phenoxy) is 2. The lowest BCUT2D eigenvalue weighted by Gasteiger charge is -2.13. The number of hydrogen-bond donors (Lipinski definition) is 2. The molecule has 2 aromatic carbocycles. The Kier molecular flexibility index (Phi) is 9.38. The lowest BCUT2D eigenvalue weighted by molar-refractivity contribution is -0.137. The molecule has 0 radical (unpaired) electrons. The van der Waals surface area contributed by atoms with Gasteiger partial charge in [0.15, 0.2) is 6.61 Å². The number of sulfonamides is 1. The van der Waals surface area contributed by atoms with Crippen LogP contribution in [0.1, 0.15) is 25.8 Å². The van der Waals surface area contributed by atoms with E-state index in [2.05, 4.69) is 10.0 Å². The van der Waals surface area contributed by atoms with Crippen molar-refractivity contribution in [3.63, 3.8) is 0 Å². The molecular weight excluding hydrogens is 485 g/mol. The minimum absolute atomic E-state index is 0.0768. The van der Waals surface area contributed by atoms with Crippen molar-refractivity contribution in [2.75, 3.05) is 24.5 Å². The first-order valence-electron chi connectivity index (χ1n) is 9.89. The second kappa shape index (κ2) is 11.6. The van der Waals surface area contributed by atoms with Gasteiger partial charge in [0.1, 0.15) is 5.75 Å². The molecule has 182 valence electrons. The number of alkyl halides is 3. The maximum atomic E-state index is 12.8. The van der Waals surface area contributed by atoms with Crippen LogP contribution in [0.15, 0.2) is 47.4 Å². The number of halogens is 4. The van der Waals surface area contributed by atoms with Gasteiger partial charge in [0.2, 0.25) is 0 Å². The van der Waals surface area contributed by atoms with E-state index in [1.54, 1.807) is 0 Å². The molecule has 0 spiro atoms. The molecule has 12 heteroatoms. The van der Waals surface area contributed by atoms with Gasteiger partial charge in [-0.05, 0) is 56.7 Å². The molecule has 0 atom stereocenters. The molecule has 1 amide bonds. The fraction of sp³-hybridized carbons (Fsp3) is 0.381. The Labute approximate surface area is 195 Å². The van der Waals surface area contributed by atoms with Gasteiger partial charge in [0, 0.05) is 18.8 Å². The maximum Gasteiger partial charge on any atom is 0.416 e. The number of carbonyl (C=O) groups excluding carboxylic acids is 1. The van der Waals surface area contributed by atoms with Gasteiger partial charge in [-0.25, -0.2) is 8.42 Å². The van der Waals surface area contributed by atoms with E-state index in [0.29, 0.717) is 25.6 Å². The SMILES string of the molecule is CC(C)OCCCNC(=O)COc1ccc(S(=O)(=O)Nc2cccc(C(F)(F)F)c2)cc1Cl. The summed E-state index contributed by atoms with van der Waals surface area (Å²) in [6.45, 7) is 4.40. The Balaban J connectivity index is 1.95. The van der Waals surface area contributed by atoms with Crippen LogP contribution in [0.5, 0.6) is 5.75 Å². The normalized spacial score (nSPS) is 12.0. The highest BCUT2D eigenvalue weighted by atomic mass is 35.5. The first-order chi connectivity index (χ1) is 15.4. The Bertz CT molecular complexity index is 1060. The van der Waals surface area contributed by atoms with E-state index in [4.69, 9.17) is 21.1 Å². The molecule has 33 heavy (non-hydrogen) atoms. The number of benzene rings is 2. The molecule has 0 unspecified atom stereocenters. The monoisotopic (exact) mass is 508 g/mol. The number of hydrogen-bond acceptors (Lipinski definition) is 5. The van der Waals surface area contributed by atoms with E-state index in [9.17, 15) is 26.4 Å². The number of amides is 1.